The molecule has 0 spiro atoms. The molecule has 188 valence electrons. The Kier molecular flexibility index (Phi) is 6.98. The molecule has 1 saturated heterocycles. The molecule has 2 aliphatic heterocycles. The van der Waals surface area contributed by atoms with Crippen LogP contribution in [-0.2, 0) is 20.7 Å². The van der Waals surface area contributed by atoms with Crippen LogP contribution < -0.4 is 4.90 Å². The largest absolute Gasteiger partial charge is 0.454 e. The van der Waals surface area contributed by atoms with Gasteiger partial charge in [0.1, 0.15) is 6.04 Å². The molecule has 37 heavy (non-hydrogen) atoms. The summed E-state index contributed by atoms with van der Waals surface area (Å²) >= 11 is 0. The molecule has 0 unspecified atom stereocenters. The first-order valence-electron chi connectivity index (χ1n) is 12.3. The number of nitrogens with zero attached hydrogens (tertiary/aromatic N) is 3. The van der Waals surface area contributed by atoms with Gasteiger partial charge in [0.25, 0.3) is 17.7 Å². The number of carbonyl (C=O) groups excluding carboxylic acids is 4. The molecule has 3 amide bonds. The summed E-state index contributed by atoms with van der Waals surface area (Å²) in [5.41, 5.74) is 2.38. The van der Waals surface area contributed by atoms with E-state index in [-0.39, 0.29) is 23.5 Å². The van der Waals surface area contributed by atoms with Crippen molar-refractivity contribution in [2.45, 2.75) is 12.5 Å². The first-order valence-corrected chi connectivity index (χ1v) is 12.3. The number of ether oxygens (including phenoxy) is 1. The smallest absolute Gasteiger partial charge is 0.330 e. The van der Waals surface area contributed by atoms with Crippen LogP contribution in [0, 0.1) is 0 Å². The van der Waals surface area contributed by atoms with Crippen LogP contribution in [0.1, 0.15) is 26.3 Å². The molecular weight excluding hydrogens is 470 g/mol. The Morgan fingerprint density at radius 1 is 0.730 bits per heavy atom. The number of imide groups is 1. The van der Waals surface area contributed by atoms with Crippen molar-refractivity contribution in [1.82, 2.24) is 9.80 Å². The van der Waals surface area contributed by atoms with Gasteiger partial charge in [-0.2, -0.15) is 0 Å². The number of fused-ring (bicyclic) bond motifs is 1. The zero-order valence-corrected chi connectivity index (χ0v) is 20.3. The molecule has 3 aromatic carbocycles. The van der Waals surface area contributed by atoms with Gasteiger partial charge in [-0.15, -0.1) is 0 Å². The maximum Gasteiger partial charge on any atom is 0.330 e. The van der Waals surface area contributed by atoms with E-state index in [2.05, 4.69) is 4.90 Å². The molecule has 5 rings (SSSR count). The minimum absolute atomic E-state index is 0.0923. The van der Waals surface area contributed by atoms with Gasteiger partial charge in [0.15, 0.2) is 6.61 Å². The number of hydrogen-bond acceptors (Lipinski definition) is 6. The summed E-state index contributed by atoms with van der Waals surface area (Å²) in [6.45, 7) is 1.93. The van der Waals surface area contributed by atoms with E-state index in [1.54, 1.807) is 29.2 Å². The first-order chi connectivity index (χ1) is 18.0. The minimum Gasteiger partial charge on any atom is -0.454 e. The van der Waals surface area contributed by atoms with Crippen molar-refractivity contribution in [1.29, 1.82) is 0 Å². The number of amides is 3. The van der Waals surface area contributed by atoms with E-state index in [1.165, 1.54) is 0 Å². The number of para-hydroxylation sites is 1. The van der Waals surface area contributed by atoms with E-state index in [9.17, 15) is 19.2 Å². The number of piperazine rings is 1. The molecule has 8 nitrogen and oxygen atoms in total. The number of carbonyl (C=O) groups is 4. The highest BCUT2D eigenvalue weighted by Gasteiger charge is 2.43. The van der Waals surface area contributed by atoms with Gasteiger partial charge in [-0.25, -0.2) is 4.79 Å². The van der Waals surface area contributed by atoms with Gasteiger partial charge in [0.2, 0.25) is 0 Å². The van der Waals surface area contributed by atoms with Gasteiger partial charge >= 0.3 is 5.97 Å². The minimum atomic E-state index is -1.18. The SMILES string of the molecule is O=C(OCC(=O)N1CCN(c2ccccc2)CC1)[C@@H](Cc1ccccc1)N1C(=O)c2ccccc2C1=O. The predicted octanol–water partition coefficient (Wildman–Crippen LogP) is 2.79. The summed E-state index contributed by atoms with van der Waals surface area (Å²) in [6, 6.07) is 24.4. The Morgan fingerprint density at radius 2 is 1.27 bits per heavy atom. The van der Waals surface area contributed by atoms with E-state index in [0.29, 0.717) is 26.2 Å². The molecule has 2 heterocycles. The van der Waals surface area contributed by atoms with Crippen molar-refractivity contribution < 1.29 is 23.9 Å². The Hall–Kier alpha value is -4.46. The van der Waals surface area contributed by atoms with E-state index >= 15 is 0 Å². The highest BCUT2D eigenvalue weighted by molar-refractivity contribution is 6.22. The summed E-state index contributed by atoms with van der Waals surface area (Å²) in [7, 11) is 0. The molecule has 0 N–H and O–H groups in total. The summed E-state index contributed by atoms with van der Waals surface area (Å²) < 4.78 is 5.42. The number of hydrogen-bond donors (Lipinski definition) is 0. The van der Waals surface area contributed by atoms with Crippen LogP contribution in [0.5, 0.6) is 0 Å². The quantitative estimate of drug-likeness (QED) is 0.369. The Labute approximate surface area is 215 Å². The van der Waals surface area contributed by atoms with Crippen molar-refractivity contribution in [3.8, 4) is 0 Å². The summed E-state index contributed by atoms with van der Waals surface area (Å²) in [5, 5.41) is 0. The van der Waals surface area contributed by atoms with Crippen LogP contribution in [0.2, 0.25) is 0 Å². The molecule has 8 heteroatoms. The summed E-state index contributed by atoms with van der Waals surface area (Å²) in [5.74, 6) is -2.17. The monoisotopic (exact) mass is 497 g/mol. The van der Waals surface area contributed by atoms with Crippen molar-refractivity contribution in [3.05, 3.63) is 102 Å². The third-order valence-electron chi connectivity index (χ3n) is 6.77. The Morgan fingerprint density at radius 3 is 1.86 bits per heavy atom. The van der Waals surface area contributed by atoms with Crippen LogP contribution in [0.3, 0.4) is 0 Å². The molecular formula is C29H27N3O5. The second-order valence-electron chi connectivity index (χ2n) is 9.04. The zero-order chi connectivity index (χ0) is 25.8. The Bertz CT molecular complexity index is 1270. The van der Waals surface area contributed by atoms with Crippen molar-refractivity contribution >= 4 is 29.4 Å². The number of benzene rings is 3. The fraction of sp³-hybridized carbons (Fsp3) is 0.241. The standard InChI is InChI=1S/C29H27N3O5/c33-26(31-17-15-30(16-18-31)22-11-5-2-6-12-22)20-37-29(36)25(19-21-9-3-1-4-10-21)32-27(34)23-13-7-8-14-24(23)28(32)35/h1-14,25H,15-20H2/t25-/m1/s1. The van der Waals surface area contributed by atoms with E-state index < -0.39 is 30.4 Å². The fourth-order valence-electron chi connectivity index (χ4n) is 4.78. The molecule has 3 aromatic rings. The highest BCUT2D eigenvalue weighted by Crippen LogP contribution is 2.26. The fourth-order valence-corrected chi connectivity index (χ4v) is 4.78. The lowest BCUT2D eigenvalue weighted by Gasteiger charge is -2.36. The van der Waals surface area contributed by atoms with Gasteiger partial charge in [0.05, 0.1) is 11.1 Å². The lowest BCUT2D eigenvalue weighted by Crippen LogP contribution is -2.51. The van der Waals surface area contributed by atoms with Gasteiger partial charge < -0.3 is 14.5 Å². The number of anilines is 1. The molecule has 2 aliphatic rings. The molecule has 0 saturated carbocycles. The van der Waals surface area contributed by atoms with Gasteiger partial charge in [-0.05, 0) is 29.8 Å². The van der Waals surface area contributed by atoms with E-state index in [1.807, 2.05) is 60.7 Å². The van der Waals surface area contributed by atoms with Gasteiger partial charge in [-0.3, -0.25) is 19.3 Å². The summed E-state index contributed by atoms with van der Waals surface area (Å²) in [6.07, 6.45) is 0.0923. The summed E-state index contributed by atoms with van der Waals surface area (Å²) in [4.78, 5) is 57.1. The normalized spacial score (nSPS) is 15.9. The average Bonchev–Trinajstić information content (AvgIpc) is 3.20. The first kappa shape index (κ1) is 24.2. The molecule has 0 aromatic heterocycles. The average molecular weight is 498 g/mol. The van der Waals surface area contributed by atoms with Gasteiger partial charge in [0, 0.05) is 38.3 Å². The Balaban J connectivity index is 1.25. The lowest BCUT2D eigenvalue weighted by atomic mass is 10.0. The second-order valence-corrected chi connectivity index (χ2v) is 9.04. The molecule has 1 atom stereocenters. The van der Waals surface area contributed by atoms with Crippen molar-refractivity contribution in [2.24, 2.45) is 0 Å². The number of esters is 1. The molecule has 1 fully saturated rings. The molecule has 0 aliphatic carbocycles. The topological polar surface area (TPSA) is 87.2 Å². The maximum absolute atomic E-state index is 13.3. The van der Waals surface area contributed by atoms with Crippen LogP contribution in [0.15, 0.2) is 84.9 Å². The van der Waals surface area contributed by atoms with E-state index in [4.69, 9.17) is 4.74 Å². The highest BCUT2D eigenvalue weighted by atomic mass is 16.5. The number of rotatable bonds is 7. The van der Waals surface area contributed by atoms with E-state index in [0.717, 1.165) is 16.2 Å². The maximum atomic E-state index is 13.3. The van der Waals surface area contributed by atoms with Crippen LogP contribution in [0.25, 0.3) is 0 Å². The van der Waals surface area contributed by atoms with Crippen molar-refractivity contribution in [2.75, 3.05) is 37.7 Å². The molecule has 0 radical (unpaired) electrons. The predicted molar refractivity (Wildman–Crippen MR) is 137 cm³/mol. The van der Waals surface area contributed by atoms with Crippen LogP contribution in [-0.4, -0.2) is 72.3 Å². The lowest BCUT2D eigenvalue weighted by molar-refractivity contribution is -0.155. The zero-order valence-electron chi connectivity index (χ0n) is 20.3. The van der Waals surface area contributed by atoms with Crippen molar-refractivity contribution in [3.63, 3.8) is 0 Å². The van der Waals surface area contributed by atoms with Crippen LogP contribution in [0.4, 0.5) is 5.69 Å². The second kappa shape index (κ2) is 10.7. The van der Waals surface area contributed by atoms with Crippen LogP contribution >= 0.6 is 0 Å². The third-order valence-corrected chi connectivity index (χ3v) is 6.77. The van der Waals surface area contributed by atoms with Gasteiger partial charge in [-0.1, -0.05) is 60.7 Å². The third kappa shape index (κ3) is 5.09. The molecule has 0 bridgehead atoms.